The van der Waals surface area contributed by atoms with Crippen LogP contribution in [0.5, 0.6) is 0 Å². The van der Waals surface area contributed by atoms with Crippen LogP contribution in [0.25, 0.3) is 22.3 Å². The third-order valence-corrected chi connectivity index (χ3v) is 4.14. The van der Waals surface area contributed by atoms with Gasteiger partial charge in [0.25, 0.3) is 9.05 Å². The maximum atomic E-state index is 11.4. The first-order valence-electron chi connectivity index (χ1n) is 4.76. The fourth-order valence-electron chi connectivity index (χ4n) is 2.11. The Labute approximate surface area is 97.9 Å². The highest BCUT2D eigenvalue weighted by molar-refractivity contribution is 8.13. The van der Waals surface area contributed by atoms with Crippen LogP contribution in [0.3, 0.4) is 0 Å². The van der Waals surface area contributed by atoms with E-state index in [1.54, 1.807) is 6.07 Å². The molecule has 0 fully saturated rings. The largest absolute Gasteiger partial charge is 0.261 e. The van der Waals surface area contributed by atoms with E-state index in [0.717, 1.165) is 22.3 Å². The Hall–Kier alpha value is -1.32. The van der Waals surface area contributed by atoms with Crippen molar-refractivity contribution >= 4 is 19.7 Å². The van der Waals surface area contributed by atoms with E-state index >= 15 is 0 Å². The van der Waals surface area contributed by atoms with Gasteiger partial charge in [0.05, 0.1) is 4.90 Å². The molecule has 0 spiro atoms. The first kappa shape index (κ1) is 9.87. The lowest BCUT2D eigenvalue weighted by Crippen LogP contribution is -2.04. The summed E-state index contributed by atoms with van der Waals surface area (Å²) in [5, 5.41) is 0. The van der Waals surface area contributed by atoms with E-state index < -0.39 is 9.05 Å². The highest BCUT2D eigenvalue weighted by atomic mass is 35.7. The summed E-state index contributed by atoms with van der Waals surface area (Å²) in [5.41, 5.74) is 3.74. The van der Waals surface area contributed by atoms with Gasteiger partial charge in [0.1, 0.15) is 0 Å². The van der Waals surface area contributed by atoms with Gasteiger partial charge in [0.15, 0.2) is 0 Å². The molecule has 80 valence electrons. The number of fused-ring (bicyclic) bond motifs is 4. The van der Waals surface area contributed by atoms with Gasteiger partial charge in [0, 0.05) is 16.2 Å². The van der Waals surface area contributed by atoms with Crippen LogP contribution in [0.4, 0.5) is 0 Å². The summed E-state index contributed by atoms with van der Waals surface area (Å²) in [6.07, 6.45) is 0. The van der Waals surface area contributed by atoms with E-state index in [0.29, 0.717) is 0 Å². The number of halogens is 1. The van der Waals surface area contributed by atoms with Crippen molar-refractivity contribution in [1.82, 2.24) is 0 Å². The van der Waals surface area contributed by atoms with Crippen molar-refractivity contribution in [3.63, 3.8) is 0 Å². The van der Waals surface area contributed by atoms with Crippen LogP contribution in [0.15, 0.2) is 47.4 Å². The second kappa shape index (κ2) is 3.09. The van der Waals surface area contributed by atoms with Crippen molar-refractivity contribution in [3.05, 3.63) is 42.5 Å². The van der Waals surface area contributed by atoms with Crippen LogP contribution in [-0.4, -0.2) is 8.42 Å². The molecule has 0 amide bonds. The lowest BCUT2D eigenvalue weighted by atomic mass is 9.81. The SMILES string of the molecule is O=S(=O)(Cl)c1cccc2c1-c1ccccc1-2. The maximum absolute atomic E-state index is 11.4. The molecule has 0 N–H and O–H groups in total. The van der Waals surface area contributed by atoms with E-state index in [1.165, 1.54) is 6.07 Å². The quantitative estimate of drug-likeness (QED) is 0.621. The molecule has 2 nitrogen and oxygen atoms in total. The minimum Gasteiger partial charge on any atom is -0.207 e. The number of hydrogen-bond donors (Lipinski definition) is 0. The van der Waals surface area contributed by atoms with Gasteiger partial charge in [0.2, 0.25) is 0 Å². The maximum Gasteiger partial charge on any atom is 0.261 e. The highest BCUT2D eigenvalue weighted by Crippen LogP contribution is 2.50. The fraction of sp³-hybridized carbons (Fsp3) is 0. The van der Waals surface area contributed by atoms with Crippen molar-refractivity contribution in [3.8, 4) is 22.3 Å². The molecular weight excluding hydrogens is 244 g/mol. The van der Waals surface area contributed by atoms with Crippen molar-refractivity contribution in [2.24, 2.45) is 0 Å². The van der Waals surface area contributed by atoms with Gasteiger partial charge < -0.3 is 0 Å². The van der Waals surface area contributed by atoms with Crippen molar-refractivity contribution in [2.45, 2.75) is 4.90 Å². The van der Waals surface area contributed by atoms with Gasteiger partial charge in [-0.1, -0.05) is 36.4 Å². The molecule has 0 saturated carbocycles. The highest BCUT2D eigenvalue weighted by Gasteiger charge is 2.28. The summed E-state index contributed by atoms with van der Waals surface area (Å²) in [5.74, 6) is 0. The predicted molar refractivity (Wildman–Crippen MR) is 63.9 cm³/mol. The monoisotopic (exact) mass is 250 g/mol. The van der Waals surface area contributed by atoms with Gasteiger partial charge >= 0.3 is 0 Å². The fourth-order valence-corrected chi connectivity index (χ4v) is 3.20. The average molecular weight is 251 g/mol. The molecule has 0 heterocycles. The molecule has 16 heavy (non-hydrogen) atoms. The molecule has 1 aliphatic carbocycles. The summed E-state index contributed by atoms with van der Waals surface area (Å²) in [6, 6.07) is 12.9. The molecule has 0 unspecified atom stereocenters. The Morgan fingerprint density at radius 1 is 0.812 bits per heavy atom. The Morgan fingerprint density at radius 2 is 1.44 bits per heavy atom. The predicted octanol–water partition coefficient (Wildman–Crippen LogP) is 3.26. The minimum atomic E-state index is -3.68. The normalized spacial score (nSPS) is 12.6. The standard InChI is InChI=1S/C12H7ClO2S/c13-16(14,15)11-7-3-6-10-8-4-1-2-5-9(8)12(10)11/h1-7H. The Morgan fingerprint density at radius 3 is 2.12 bits per heavy atom. The number of benzene rings is 2. The molecular formula is C12H7ClO2S. The van der Waals surface area contributed by atoms with Crippen molar-refractivity contribution in [2.75, 3.05) is 0 Å². The van der Waals surface area contributed by atoms with Crippen LogP contribution >= 0.6 is 10.7 Å². The molecule has 0 aromatic heterocycles. The van der Waals surface area contributed by atoms with E-state index in [4.69, 9.17) is 10.7 Å². The summed E-state index contributed by atoms with van der Waals surface area (Å²) in [7, 11) is 1.73. The minimum absolute atomic E-state index is 0.199. The first-order valence-corrected chi connectivity index (χ1v) is 7.07. The van der Waals surface area contributed by atoms with Gasteiger partial charge in [-0.25, -0.2) is 8.42 Å². The topological polar surface area (TPSA) is 34.1 Å². The van der Waals surface area contributed by atoms with Crippen molar-refractivity contribution in [1.29, 1.82) is 0 Å². The van der Waals surface area contributed by atoms with Crippen LogP contribution < -0.4 is 0 Å². The van der Waals surface area contributed by atoms with Gasteiger partial charge in [-0.3, -0.25) is 0 Å². The molecule has 0 bridgehead atoms. The zero-order chi connectivity index (χ0) is 11.3. The average Bonchev–Trinajstić information content (AvgIpc) is 2.23. The van der Waals surface area contributed by atoms with Gasteiger partial charge in [-0.15, -0.1) is 0 Å². The molecule has 0 saturated heterocycles. The lowest BCUT2D eigenvalue weighted by molar-refractivity contribution is 0.610. The van der Waals surface area contributed by atoms with E-state index in [9.17, 15) is 8.42 Å². The van der Waals surface area contributed by atoms with Crippen LogP contribution in [0.1, 0.15) is 0 Å². The van der Waals surface area contributed by atoms with E-state index in [-0.39, 0.29) is 4.90 Å². The zero-order valence-electron chi connectivity index (χ0n) is 8.14. The zero-order valence-corrected chi connectivity index (χ0v) is 9.72. The molecule has 3 rings (SSSR count). The Balaban J connectivity index is 2.35. The lowest BCUT2D eigenvalue weighted by Gasteiger charge is -2.25. The van der Waals surface area contributed by atoms with Gasteiger partial charge in [-0.2, -0.15) is 0 Å². The summed E-state index contributed by atoms with van der Waals surface area (Å²) >= 11 is 0. The Bertz CT molecular complexity index is 690. The molecule has 0 radical (unpaired) electrons. The molecule has 2 aromatic rings. The van der Waals surface area contributed by atoms with Crippen LogP contribution in [0.2, 0.25) is 0 Å². The third kappa shape index (κ3) is 1.22. The number of rotatable bonds is 1. The second-order valence-corrected chi connectivity index (χ2v) is 6.20. The molecule has 0 aliphatic heterocycles. The first-order chi connectivity index (χ1) is 7.59. The van der Waals surface area contributed by atoms with Crippen molar-refractivity contribution < 1.29 is 8.42 Å². The van der Waals surface area contributed by atoms with Crippen LogP contribution in [0, 0.1) is 0 Å². The third-order valence-electron chi connectivity index (χ3n) is 2.78. The van der Waals surface area contributed by atoms with E-state index in [1.807, 2.05) is 30.3 Å². The van der Waals surface area contributed by atoms with Crippen LogP contribution in [-0.2, 0) is 9.05 Å². The van der Waals surface area contributed by atoms with E-state index in [2.05, 4.69) is 0 Å². The smallest absolute Gasteiger partial charge is 0.207 e. The molecule has 4 heteroatoms. The second-order valence-electron chi connectivity index (χ2n) is 3.66. The molecule has 0 atom stereocenters. The van der Waals surface area contributed by atoms with Gasteiger partial charge in [-0.05, 0) is 22.8 Å². The Kier molecular flexibility index (Phi) is 1.91. The summed E-state index contributed by atoms with van der Waals surface area (Å²) in [6.45, 7) is 0. The summed E-state index contributed by atoms with van der Waals surface area (Å²) < 4.78 is 22.8. The molecule has 1 aliphatic rings. The summed E-state index contributed by atoms with van der Waals surface area (Å²) in [4.78, 5) is 0.199. The number of hydrogen-bond acceptors (Lipinski definition) is 2. The molecule has 2 aromatic carbocycles.